The van der Waals surface area contributed by atoms with Gasteiger partial charge in [0.25, 0.3) is 0 Å². The molecule has 0 saturated heterocycles. The summed E-state index contributed by atoms with van der Waals surface area (Å²) in [5.74, 6) is 0.490. The van der Waals surface area contributed by atoms with E-state index in [-0.39, 0.29) is 5.60 Å². The van der Waals surface area contributed by atoms with Gasteiger partial charge in [-0.2, -0.15) is 0 Å². The van der Waals surface area contributed by atoms with E-state index in [0.29, 0.717) is 5.92 Å². The normalized spacial score (nSPS) is 13.4. The molecule has 0 fully saturated rings. The lowest BCUT2D eigenvalue weighted by Crippen LogP contribution is -2.28. The van der Waals surface area contributed by atoms with Crippen molar-refractivity contribution >= 4 is 15.9 Å². The van der Waals surface area contributed by atoms with Crippen LogP contribution in [0.3, 0.4) is 0 Å². The number of methoxy groups -OCH3 is 2. The quantitative estimate of drug-likeness (QED) is 0.642. The summed E-state index contributed by atoms with van der Waals surface area (Å²) in [6.45, 7) is 6.88. The second-order valence-electron chi connectivity index (χ2n) is 5.95. The molecule has 21 heavy (non-hydrogen) atoms. The van der Waals surface area contributed by atoms with Crippen molar-refractivity contribution in [1.82, 2.24) is 5.32 Å². The van der Waals surface area contributed by atoms with Crippen LogP contribution in [0.5, 0.6) is 0 Å². The average Bonchev–Trinajstić information content (AvgIpc) is 2.48. The Kier molecular flexibility index (Phi) is 8.49. The Balaban J connectivity index is 2.63. The lowest BCUT2D eigenvalue weighted by molar-refractivity contribution is 0.0124. The Hall–Kier alpha value is -0.420. The van der Waals surface area contributed by atoms with Gasteiger partial charge in [0.2, 0.25) is 0 Å². The van der Waals surface area contributed by atoms with E-state index in [0.717, 1.165) is 37.0 Å². The molecule has 1 atom stereocenters. The topological polar surface area (TPSA) is 30.5 Å². The molecule has 0 aliphatic carbocycles. The SMILES string of the molecule is COCCNCC(CCC(C)(C)OC)c1ccc(Br)cc1. The van der Waals surface area contributed by atoms with Crippen LogP contribution in [-0.2, 0) is 9.47 Å². The largest absolute Gasteiger partial charge is 0.383 e. The molecule has 0 radical (unpaired) electrons. The lowest BCUT2D eigenvalue weighted by atomic mass is 9.89. The number of nitrogens with one attached hydrogen (secondary N) is 1. The highest BCUT2D eigenvalue weighted by Gasteiger charge is 2.20. The first-order valence-corrected chi connectivity index (χ1v) is 8.28. The number of rotatable bonds is 10. The van der Waals surface area contributed by atoms with Gasteiger partial charge < -0.3 is 14.8 Å². The lowest BCUT2D eigenvalue weighted by Gasteiger charge is -2.26. The van der Waals surface area contributed by atoms with Crippen molar-refractivity contribution in [3.8, 4) is 0 Å². The molecule has 1 aromatic carbocycles. The van der Waals surface area contributed by atoms with Gasteiger partial charge in [-0.3, -0.25) is 0 Å². The Labute approximate surface area is 137 Å². The van der Waals surface area contributed by atoms with Gasteiger partial charge >= 0.3 is 0 Å². The summed E-state index contributed by atoms with van der Waals surface area (Å²) in [5.41, 5.74) is 1.30. The standard InChI is InChI=1S/C17H28BrNO2/c1-17(2,21-4)10-9-15(13-19-11-12-20-3)14-5-7-16(18)8-6-14/h5-8,15,19H,9-13H2,1-4H3. The van der Waals surface area contributed by atoms with Crippen LogP contribution in [0.2, 0.25) is 0 Å². The maximum atomic E-state index is 5.54. The molecule has 0 aromatic heterocycles. The molecule has 0 saturated carbocycles. The van der Waals surface area contributed by atoms with Crippen molar-refractivity contribution in [1.29, 1.82) is 0 Å². The third-order valence-electron chi connectivity index (χ3n) is 3.86. The number of benzene rings is 1. The summed E-state index contributed by atoms with van der Waals surface area (Å²) in [6.07, 6.45) is 2.14. The summed E-state index contributed by atoms with van der Waals surface area (Å²) in [7, 11) is 3.51. The van der Waals surface area contributed by atoms with E-state index in [2.05, 4.69) is 59.4 Å². The number of hydrogen-bond acceptors (Lipinski definition) is 3. The molecule has 1 aromatic rings. The summed E-state index contributed by atoms with van der Waals surface area (Å²) >= 11 is 3.50. The second kappa shape index (κ2) is 9.57. The molecular formula is C17H28BrNO2. The van der Waals surface area contributed by atoms with E-state index < -0.39 is 0 Å². The van der Waals surface area contributed by atoms with Crippen molar-refractivity contribution < 1.29 is 9.47 Å². The molecule has 0 spiro atoms. The molecule has 0 aliphatic heterocycles. The average molecular weight is 358 g/mol. The maximum Gasteiger partial charge on any atom is 0.0623 e. The number of ether oxygens (including phenoxy) is 2. The van der Waals surface area contributed by atoms with Crippen LogP contribution >= 0.6 is 15.9 Å². The third kappa shape index (κ3) is 7.41. The Morgan fingerprint density at radius 1 is 1.19 bits per heavy atom. The summed E-state index contributed by atoms with van der Waals surface area (Å²) in [6, 6.07) is 8.62. The Morgan fingerprint density at radius 2 is 1.86 bits per heavy atom. The van der Waals surface area contributed by atoms with Crippen LogP contribution in [0, 0.1) is 0 Å². The molecule has 3 nitrogen and oxygen atoms in total. The van der Waals surface area contributed by atoms with Crippen LogP contribution in [0.25, 0.3) is 0 Å². The van der Waals surface area contributed by atoms with E-state index >= 15 is 0 Å². The predicted octanol–water partition coefficient (Wildman–Crippen LogP) is 3.97. The Morgan fingerprint density at radius 3 is 2.43 bits per heavy atom. The molecule has 1 rings (SSSR count). The molecule has 0 amide bonds. The molecule has 1 N–H and O–H groups in total. The monoisotopic (exact) mass is 357 g/mol. The zero-order valence-electron chi connectivity index (χ0n) is 13.6. The first-order valence-electron chi connectivity index (χ1n) is 7.49. The highest BCUT2D eigenvalue weighted by molar-refractivity contribution is 9.10. The maximum absolute atomic E-state index is 5.54. The van der Waals surface area contributed by atoms with E-state index in [1.807, 2.05) is 0 Å². The van der Waals surface area contributed by atoms with Crippen molar-refractivity contribution in [2.75, 3.05) is 33.9 Å². The van der Waals surface area contributed by atoms with Crippen molar-refractivity contribution in [3.05, 3.63) is 34.3 Å². The summed E-state index contributed by atoms with van der Waals surface area (Å²) < 4.78 is 11.7. The van der Waals surface area contributed by atoms with Crippen molar-refractivity contribution in [2.24, 2.45) is 0 Å². The van der Waals surface area contributed by atoms with Crippen LogP contribution in [0.15, 0.2) is 28.7 Å². The van der Waals surface area contributed by atoms with Crippen LogP contribution < -0.4 is 5.32 Å². The number of halogens is 1. The highest BCUT2D eigenvalue weighted by Crippen LogP contribution is 2.27. The predicted molar refractivity (Wildman–Crippen MR) is 92.0 cm³/mol. The summed E-state index contributed by atoms with van der Waals surface area (Å²) in [5, 5.41) is 3.48. The molecule has 4 heteroatoms. The van der Waals surface area contributed by atoms with Gasteiger partial charge in [-0.15, -0.1) is 0 Å². The second-order valence-corrected chi connectivity index (χ2v) is 6.86. The van der Waals surface area contributed by atoms with Gasteiger partial charge in [-0.1, -0.05) is 28.1 Å². The first kappa shape index (κ1) is 18.6. The molecule has 0 heterocycles. The van der Waals surface area contributed by atoms with Gasteiger partial charge in [-0.05, 0) is 50.3 Å². The third-order valence-corrected chi connectivity index (χ3v) is 4.39. The van der Waals surface area contributed by atoms with E-state index in [1.165, 1.54) is 5.56 Å². The minimum absolute atomic E-state index is 0.0693. The smallest absolute Gasteiger partial charge is 0.0623 e. The van der Waals surface area contributed by atoms with E-state index in [9.17, 15) is 0 Å². The van der Waals surface area contributed by atoms with Gasteiger partial charge in [-0.25, -0.2) is 0 Å². The number of hydrogen-bond donors (Lipinski definition) is 1. The van der Waals surface area contributed by atoms with Crippen LogP contribution in [-0.4, -0.2) is 39.5 Å². The van der Waals surface area contributed by atoms with E-state index in [1.54, 1.807) is 14.2 Å². The summed E-state index contributed by atoms with van der Waals surface area (Å²) in [4.78, 5) is 0. The first-order chi connectivity index (χ1) is 9.98. The minimum Gasteiger partial charge on any atom is -0.383 e. The zero-order valence-corrected chi connectivity index (χ0v) is 15.2. The van der Waals surface area contributed by atoms with E-state index in [4.69, 9.17) is 9.47 Å². The van der Waals surface area contributed by atoms with Gasteiger partial charge in [0.15, 0.2) is 0 Å². The van der Waals surface area contributed by atoms with Crippen LogP contribution in [0.4, 0.5) is 0 Å². The molecule has 0 bridgehead atoms. The highest BCUT2D eigenvalue weighted by atomic mass is 79.9. The zero-order chi connectivity index (χ0) is 15.7. The fraction of sp³-hybridized carbons (Fsp3) is 0.647. The van der Waals surface area contributed by atoms with Crippen molar-refractivity contribution in [2.45, 2.75) is 38.2 Å². The van der Waals surface area contributed by atoms with Crippen molar-refractivity contribution in [3.63, 3.8) is 0 Å². The fourth-order valence-corrected chi connectivity index (χ4v) is 2.46. The molecule has 1 unspecified atom stereocenters. The van der Waals surface area contributed by atoms with Gasteiger partial charge in [0, 0.05) is 31.8 Å². The molecule has 0 aliphatic rings. The van der Waals surface area contributed by atoms with Gasteiger partial charge in [0.1, 0.15) is 0 Å². The molecule has 120 valence electrons. The Bertz CT molecular complexity index is 392. The fourth-order valence-electron chi connectivity index (χ4n) is 2.20. The minimum atomic E-state index is -0.0693. The van der Waals surface area contributed by atoms with Gasteiger partial charge in [0.05, 0.1) is 12.2 Å². The van der Waals surface area contributed by atoms with Crippen LogP contribution in [0.1, 0.15) is 38.2 Å². The molecular weight excluding hydrogens is 330 g/mol.